The molecule has 5 nitrogen and oxygen atoms in total. The first kappa shape index (κ1) is 17.0. The fourth-order valence-electron chi connectivity index (χ4n) is 3.91. The first-order valence-electron chi connectivity index (χ1n) is 9.09. The number of hydrogen-bond donors (Lipinski definition) is 2. The zero-order valence-electron chi connectivity index (χ0n) is 14.2. The predicted octanol–water partition coefficient (Wildman–Crippen LogP) is 1.64. The largest absolute Gasteiger partial charge is 0.354 e. The van der Waals surface area contributed by atoms with Crippen LogP contribution in [0.4, 0.5) is 0 Å². The molecule has 130 valence electrons. The summed E-state index contributed by atoms with van der Waals surface area (Å²) in [4.78, 5) is 26.8. The average molecular weight is 329 g/mol. The van der Waals surface area contributed by atoms with Crippen LogP contribution in [0.5, 0.6) is 0 Å². The molecule has 2 amide bonds. The molecule has 1 fully saturated rings. The molecule has 0 aromatic heterocycles. The summed E-state index contributed by atoms with van der Waals surface area (Å²) < 4.78 is 0. The van der Waals surface area contributed by atoms with Gasteiger partial charge in [0.25, 0.3) is 5.91 Å². The Kier molecular flexibility index (Phi) is 5.51. The summed E-state index contributed by atoms with van der Waals surface area (Å²) in [6.45, 7) is 1.66. The van der Waals surface area contributed by atoms with Gasteiger partial charge in [-0.05, 0) is 55.7 Å². The minimum Gasteiger partial charge on any atom is -0.354 e. The van der Waals surface area contributed by atoms with Gasteiger partial charge in [0, 0.05) is 37.7 Å². The van der Waals surface area contributed by atoms with Crippen molar-refractivity contribution in [3.8, 4) is 0 Å². The van der Waals surface area contributed by atoms with Gasteiger partial charge in [-0.25, -0.2) is 0 Å². The molecule has 1 saturated heterocycles. The van der Waals surface area contributed by atoms with Crippen LogP contribution in [-0.4, -0.2) is 42.4 Å². The molecule has 1 aliphatic carbocycles. The third-order valence-corrected chi connectivity index (χ3v) is 5.17. The number of nitrogens with zero attached hydrogens (tertiary/aromatic N) is 1. The van der Waals surface area contributed by atoms with E-state index in [1.165, 1.54) is 11.1 Å². The van der Waals surface area contributed by atoms with E-state index in [-0.39, 0.29) is 17.9 Å². The lowest BCUT2D eigenvalue weighted by atomic mass is 9.97. The zero-order valence-corrected chi connectivity index (χ0v) is 14.2. The number of carbonyl (C=O) groups excluding carboxylic acids is 2. The number of hydrogen-bond acceptors (Lipinski definition) is 3. The Morgan fingerprint density at radius 2 is 2.08 bits per heavy atom. The Morgan fingerprint density at radius 3 is 2.92 bits per heavy atom. The number of benzene rings is 1. The average Bonchev–Trinajstić information content (AvgIpc) is 3.08. The number of carbonyl (C=O) groups is 2. The minimum absolute atomic E-state index is 0.0314. The number of nitrogens with two attached hydrogens (primary N) is 1. The van der Waals surface area contributed by atoms with Crippen LogP contribution in [0.1, 0.15) is 53.6 Å². The van der Waals surface area contributed by atoms with Crippen molar-refractivity contribution >= 4 is 11.8 Å². The summed E-state index contributed by atoms with van der Waals surface area (Å²) in [7, 11) is 0. The van der Waals surface area contributed by atoms with E-state index in [9.17, 15) is 9.59 Å². The first-order chi connectivity index (χ1) is 11.7. The Hall–Kier alpha value is -1.88. The molecule has 1 atom stereocenters. The van der Waals surface area contributed by atoms with Crippen molar-refractivity contribution in [1.82, 2.24) is 10.2 Å². The lowest BCUT2D eigenvalue weighted by molar-refractivity contribution is -0.121. The normalized spacial score (nSPS) is 19.9. The number of piperidine rings is 1. The monoisotopic (exact) mass is 329 g/mol. The molecule has 5 heteroatoms. The standard InChI is InChI=1S/C19H27N3O2/c20-11-10-18(23)21-13-15-7-1-2-12-22(15)19(24)17-9-4-6-14-5-3-8-16(14)17/h4,6,9,15H,1-3,5,7-8,10-13,20H2,(H,21,23). The number of fused-ring (bicyclic) bond motifs is 1. The summed E-state index contributed by atoms with van der Waals surface area (Å²) >= 11 is 0. The van der Waals surface area contributed by atoms with Crippen molar-refractivity contribution in [3.05, 3.63) is 34.9 Å². The molecule has 0 radical (unpaired) electrons. The van der Waals surface area contributed by atoms with Crippen molar-refractivity contribution in [2.24, 2.45) is 5.73 Å². The highest BCUT2D eigenvalue weighted by Crippen LogP contribution is 2.28. The summed E-state index contributed by atoms with van der Waals surface area (Å²) in [5, 5.41) is 2.93. The lowest BCUT2D eigenvalue weighted by Gasteiger charge is -2.36. The highest BCUT2D eigenvalue weighted by Gasteiger charge is 2.30. The highest BCUT2D eigenvalue weighted by molar-refractivity contribution is 5.96. The molecule has 1 aromatic rings. The van der Waals surface area contributed by atoms with E-state index < -0.39 is 0 Å². The number of aryl methyl sites for hydroxylation is 1. The second-order valence-corrected chi connectivity index (χ2v) is 6.79. The Morgan fingerprint density at radius 1 is 1.21 bits per heavy atom. The van der Waals surface area contributed by atoms with Crippen molar-refractivity contribution in [2.75, 3.05) is 19.6 Å². The summed E-state index contributed by atoms with van der Waals surface area (Å²) in [6, 6.07) is 6.19. The summed E-state index contributed by atoms with van der Waals surface area (Å²) in [5.41, 5.74) is 8.84. The molecule has 3 rings (SSSR count). The van der Waals surface area contributed by atoms with Gasteiger partial charge < -0.3 is 16.0 Å². The van der Waals surface area contributed by atoms with Crippen molar-refractivity contribution in [3.63, 3.8) is 0 Å². The molecule has 1 aliphatic heterocycles. The number of amides is 2. The zero-order chi connectivity index (χ0) is 16.9. The molecule has 1 unspecified atom stereocenters. The topological polar surface area (TPSA) is 75.4 Å². The van der Waals surface area contributed by atoms with E-state index in [1.54, 1.807) is 0 Å². The van der Waals surface area contributed by atoms with E-state index in [0.717, 1.165) is 50.6 Å². The van der Waals surface area contributed by atoms with Gasteiger partial charge in [-0.2, -0.15) is 0 Å². The van der Waals surface area contributed by atoms with Gasteiger partial charge in [0.05, 0.1) is 0 Å². The van der Waals surface area contributed by atoms with E-state index >= 15 is 0 Å². The number of rotatable bonds is 5. The predicted molar refractivity (Wildman–Crippen MR) is 93.8 cm³/mol. The molecular weight excluding hydrogens is 302 g/mol. The highest BCUT2D eigenvalue weighted by atomic mass is 16.2. The lowest BCUT2D eigenvalue weighted by Crippen LogP contribution is -2.49. The fraction of sp³-hybridized carbons (Fsp3) is 0.579. The third-order valence-electron chi connectivity index (χ3n) is 5.17. The van der Waals surface area contributed by atoms with Crippen molar-refractivity contribution < 1.29 is 9.59 Å². The SMILES string of the molecule is NCCC(=O)NCC1CCCCN1C(=O)c1cccc2c1CCC2. The smallest absolute Gasteiger partial charge is 0.254 e. The van der Waals surface area contributed by atoms with Gasteiger partial charge >= 0.3 is 0 Å². The second kappa shape index (κ2) is 7.79. The molecule has 2 aliphatic rings. The van der Waals surface area contributed by atoms with Crippen LogP contribution in [0.2, 0.25) is 0 Å². The van der Waals surface area contributed by atoms with E-state index in [0.29, 0.717) is 19.5 Å². The van der Waals surface area contributed by atoms with E-state index in [2.05, 4.69) is 11.4 Å². The Bertz CT molecular complexity index is 615. The van der Waals surface area contributed by atoms with Crippen molar-refractivity contribution in [1.29, 1.82) is 0 Å². The van der Waals surface area contributed by atoms with Crippen LogP contribution >= 0.6 is 0 Å². The van der Waals surface area contributed by atoms with Crippen LogP contribution in [-0.2, 0) is 17.6 Å². The van der Waals surface area contributed by atoms with Gasteiger partial charge in [0.15, 0.2) is 0 Å². The summed E-state index contributed by atoms with van der Waals surface area (Å²) in [6.07, 6.45) is 6.65. The molecule has 0 saturated carbocycles. The maximum Gasteiger partial charge on any atom is 0.254 e. The van der Waals surface area contributed by atoms with Crippen LogP contribution in [0.3, 0.4) is 0 Å². The maximum atomic E-state index is 13.1. The minimum atomic E-state index is -0.0314. The van der Waals surface area contributed by atoms with Crippen LogP contribution < -0.4 is 11.1 Å². The number of likely N-dealkylation sites (tertiary alicyclic amines) is 1. The van der Waals surface area contributed by atoms with Crippen LogP contribution in [0, 0.1) is 0 Å². The van der Waals surface area contributed by atoms with Gasteiger partial charge in [0.2, 0.25) is 5.91 Å². The van der Waals surface area contributed by atoms with Gasteiger partial charge in [0.1, 0.15) is 0 Å². The molecule has 24 heavy (non-hydrogen) atoms. The first-order valence-corrected chi connectivity index (χ1v) is 9.09. The van der Waals surface area contributed by atoms with Gasteiger partial charge in [-0.15, -0.1) is 0 Å². The van der Waals surface area contributed by atoms with E-state index in [4.69, 9.17) is 5.73 Å². The van der Waals surface area contributed by atoms with Crippen LogP contribution in [0.15, 0.2) is 18.2 Å². The van der Waals surface area contributed by atoms with Gasteiger partial charge in [-0.1, -0.05) is 12.1 Å². The Labute approximate surface area is 143 Å². The molecule has 0 spiro atoms. The van der Waals surface area contributed by atoms with Crippen molar-refractivity contribution in [2.45, 2.75) is 51.0 Å². The van der Waals surface area contributed by atoms with Gasteiger partial charge in [-0.3, -0.25) is 9.59 Å². The maximum absolute atomic E-state index is 13.1. The summed E-state index contributed by atoms with van der Waals surface area (Å²) in [5.74, 6) is 0.0996. The number of nitrogens with one attached hydrogen (secondary N) is 1. The quantitative estimate of drug-likeness (QED) is 0.862. The van der Waals surface area contributed by atoms with Crippen LogP contribution in [0.25, 0.3) is 0 Å². The Balaban J connectivity index is 1.72. The second-order valence-electron chi connectivity index (χ2n) is 6.79. The molecule has 3 N–H and O–H groups in total. The fourth-order valence-corrected chi connectivity index (χ4v) is 3.91. The third kappa shape index (κ3) is 3.61. The molecule has 1 heterocycles. The van der Waals surface area contributed by atoms with E-state index in [1.807, 2.05) is 17.0 Å². The molecule has 1 aromatic carbocycles. The molecular formula is C19H27N3O2. The molecule has 0 bridgehead atoms.